The summed E-state index contributed by atoms with van der Waals surface area (Å²) < 4.78 is 0. The highest BCUT2D eigenvalue weighted by molar-refractivity contribution is 5.46. The highest BCUT2D eigenvalue weighted by atomic mass is 15.3. The molecule has 0 aliphatic heterocycles. The molecule has 0 aliphatic rings. The second-order valence-electron chi connectivity index (χ2n) is 3.59. The van der Waals surface area contributed by atoms with Crippen LogP contribution in [0.2, 0.25) is 0 Å². The summed E-state index contributed by atoms with van der Waals surface area (Å²) >= 11 is 0. The predicted molar refractivity (Wildman–Crippen MR) is 64.7 cm³/mol. The fraction of sp³-hybridized carbons (Fsp3) is 0.455. The fourth-order valence-electron chi connectivity index (χ4n) is 1.44. The third kappa shape index (κ3) is 3.11. The van der Waals surface area contributed by atoms with Crippen molar-refractivity contribution in [3.63, 3.8) is 0 Å². The lowest BCUT2D eigenvalue weighted by atomic mass is 10.2. The Morgan fingerprint density at radius 1 is 1.62 bits per heavy atom. The van der Waals surface area contributed by atoms with E-state index in [1.807, 2.05) is 26.0 Å². The van der Waals surface area contributed by atoms with Crippen molar-refractivity contribution in [3.05, 3.63) is 18.2 Å². The average molecular weight is 219 g/mol. The summed E-state index contributed by atoms with van der Waals surface area (Å²) in [6.07, 6.45) is 0. The normalized spacial score (nSPS) is 11.6. The first-order valence-electron chi connectivity index (χ1n) is 5.29. The number of hydrogen-bond donors (Lipinski definition) is 2. The summed E-state index contributed by atoms with van der Waals surface area (Å²) in [7, 11) is 0. The minimum atomic E-state index is -0.0174. The number of hydrazine groups is 1. The maximum atomic E-state index is 8.80. The summed E-state index contributed by atoms with van der Waals surface area (Å²) in [4.78, 5) is 6.38. The van der Waals surface area contributed by atoms with Crippen LogP contribution in [0.5, 0.6) is 0 Å². The first-order valence-corrected chi connectivity index (χ1v) is 5.29. The highest BCUT2D eigenvalue weighted by Crippen LogP contribution is 2.14. The Morgan fingerprint density at radius 2 is 2.38 bits per heavy atom. The number of nitrogen functional groups attached to an aromatic ring is 1. The van der Waals surface area contributed by atoms with Crippen molar-refractivity contribution >= 4 is 11.6 Å². The Morgan fingerprint density at radius 3 is 2.94 bits per heavy atom. The SMILES string of the molecule is CCN(CC(C)C#N)c1cccc(NN)n1. The molecule has 1 aromatic rings. The third-order valence-electron chi connectivity index (χ3n) is 2.30. The molecule has 0 saturated heterocycles. The highest BCUT2D eigenvalue weighted by Gasteiger charge is 2.10. The summed E-state index contributed by atoms with van der Waals surface area (Å²) in [5, 5.41) is 8.80. The van der Waals surface area contributed by atoms with Gasteiger partial charge >= 0.3 is 0 Å². The van der Waals surface area contributed by atoms with Gasteiger partial charge in [-0.25, -0.2) is 10.8 Å². The molecule has 0 saturated carbocycles. The Balaban J connectivity index is 2.82. The topological polar surface area (TPSA) is 78.0 Å². The quantitative estimate of drug-likeness (QED) is 0.577. The first kappa shape index (κ1) is 12.3. The van der Waals surface area contributed by atoms with Gasteiger partial charge in [-0.2, -0.15) is 5.26 Å². The lowest BCUT2D eigenvalue weighted by Crippen LogP contribution is -2.28. The van der Waals surface area contributed by atoms with Crippen LogP contribution in [0, 0.1) is 17.2 Å². The van der Waals surface area contributed by atoms with E-state index in [2.05, 4.69) is 21.4 Å². The second kappa shape index (κ2) is 5.93. The van der Waals surface area contributed by atoms with E-state index in [1.165, 1.54) is 0 Å². The zero-order valence-electron chi connectivity index (χ0n) is 9.64. The molecule has 1 aromatic heterocycles. The summed E-state index contributed by atoms with van der Waals surface area (Å²) in [6, 6.07) is 7.81. The molecule has 0 fully saturated rings. The lowest BCUT2D eigenvalue weighted by molar-refractivity contribution is 0.680. The van der Waals surface area contributed by atoms with Gasteiger partial charge in [0.05, 0.1) is 12.0 Å². The van der Waals surface area contributed by atoms with Crippen LogP contribution in [0.4, 0.5) is 11.6 Å². The molecule has 86 valence electrons. The molecule has 0 amide bonds. The van der Waals surface area contributed by atoms with E-state index in [4.69, 9.17) is 11.1 Å². The molecule has 1 rings (SSSR count). The monoisotopic (exact) mass is 219 g/mol. The van der Waals surface area contributed by atoms with Gasteiger partial charge in [-0.15, -0.1) is 0 Å². The Kier molecular flexibility index (Phi) is 4.55. The maximum Gasteiger partial charge on any atom is 0.142 e. The van der Waals surface area contributed by atoms with Gasteiger partial charge in [0, 0.05) is 13.1 Å². The third-order valence-corrected chi connectivity index (χ3v) is 2.30. The van der Waals surface area contributed by atoms with E-state index < -0.39 is 0 Å². The Hall–Kier alpha value is -1.80. The lowest BCUT2D eigenvalue weighted by Gasteiger charge is -2.23. The van der Waals surface area contributed by atoms with Crippen LogP contribution < -0.4 is 16.2 Å². The van der Waals surface area contributed by atoms with Crippen molar-refractivity contribution in [2.24, 2.45) is 11.8 Å². The molecular formula is C11H17N5. The maximum absolute atomic E-state index is 8.80. The van der Waals surface area contributed by atoms with Gasteiger partial charge in [-0.1, -0.05) is 6.07 Å². The number of hydrogen-bond acceptors (Lipinski definition) is 5. The summed E-state index contributed by atoms with van der Waals surface area (Å²) in [5.74, 6) is 6.75. The minimum Gasteiger partial charge on any atom is -0.356 e. The molecule has 0 aromatic carbocycles. The van der Waals surface area contributed by atoms with Gasteiger partial charge in [-0.3, -0.25) is 0 Å². The van der Waals surface area contributed by atoms with E-state index in [9.17, 15) is 0 Å². The summed E-state index contributed by atoms with van der Waals surface area (Å²) in [6.45, 7) is 5.42. The molecule has 0 bridgehead atoms. The number of nitrogens with one attached hydrogen (secondary N) is 1. The molecule has 1 atom stereocenters. The predicted octanol–water partition coefficient (Wildman–Crippen LogP) is 1.35. The van der Waals surface area contributed by atoms with Gasteiger partial charge < -0.3 is 10.3 Å². The van der Waals surface area contributed by atoms with Crippen molar-refractivity contribution in [1.29, 1.82) is 5.26 Å². The number of nitrogens with two attached hydrogens (primary N) is 1. The van der Waals surface area contributed by atoms with Crippen molar-refractivity contribution in [1.82, 2.24) is 4.98 Å². The smallest absolute Gasteiger partial charge is 0.142 e. The van der Waals surface area contributed by atoms with Crippen LogP contribution in [0.15, 0.2) is 18.2 Å². The van der Waals surface area contributed by atoms with E-state index in [0.29, 0.717) is 12.4 Å². The van der Waals surface area contributed by atoms with Crippen LogP contribution in [0.3, 0.4) is 0 Å². The molecule has 1 unspecified atom stereocenters. The second-order valence-corrected chi connectivity index (χ2v) is 3.59. The van der Waals surface area contributed by atoms with Crippen LogP contribution in [-0.4, -0.2) is 18.1 Å². The van der Waals surface area contributed by atoms with Gasteiger partial charge in [0.25, 0.3) is 0 Å². The van der Waals surface area contributed by atoms with Crippen LogP contribution in [0.1, 0.15) is 13.8 Å². The zero-order chi connectivity index (χ0) is 12.0. The van der Waals surface area contributed by atoms with Crippen molar-refractivity contribution in [2.45, 2.75) is 13.8 Å². The van der Waals surface area contributed by atoms with E-state index in [1.54, 1.807) is 6.07 Å². The Labute approximate surface area is 95.9 Å². The van der Waals surface area contributed by atoms with Gasteiger partial charge in [-0.05, 0) is 26.0 Å². The molecule has 16 heavy (non-hydrogen) atoms. The van der Waals surface area contributed by atoms with Crippen LogP contribution >= 0.6 is 0 Å². The molecule has 5 nitrogen and oxygen atoms in total. The minimum absolute atomic E-state index is 0.0174. The number of rotatable bonds is 5. The molecular weight excluding hydrogens is 202 g/mol. The number of aromatic nitrogens is 1. The van der Waals surface area contributed by atoms with Crippen molar-refractivity contribution in [3.8, 4) is 6.07 Å². The van der Waals surface area contributed by atoms with Crippen molar-refractivity contribution < 1.29 is 0 Å². The number of nitriles is 1. The van der Waals surface area contributed by atoms with E-state index in [-0.39, 0.29) is 5.92 Å². The van der Waals surface area contributed by atoms with Crippen molar-refractivity contribution in [2.75, 3.05) is 23.4 Å². The number of pyridine rings is 1. The molecule has 0 aliphatic carbocycles. The molecule has 5 heteroatoms. The number of anilines is 2. The number of nitrogens with zero attached hydrogens (tertiary/aromatic N) is 3. The van der Waals surface area contributed by atoms with Crippen LogP contribution in [-0.2, 0) is 0 Å². The molecule has 0 radical (unpaired) electrons. The van der Waals surface area contributed by atoms with Gasteiger partial charge in [0.15, 0.2) is 0 Å². The zero-order valence-corrected chi connectivity index (χ0v) is 9.64. The molecule has 3 N–H and O–H groups in total. The summed E-state index contributed by atoms with van der Waals surface area (Å²) in [5.41, 5.74) is 2.51. The van der Waals surface area contributed by atoms with Gasteiger partial charge in [0.2, 0.25) is 0 Å². The standard InChI is InChI=1S/C11H17N5/c1-3-16(8-9(2)7-12)11-6-4-5-10(14-11)15-13/h4-6,9H,3,8,13H2,1-2H3,(H,14,15). The Bertz CT molecular complexity index is 371. The average Bonchev–Trinajstić information content (AvgIpc) is 2.35. The van der Waals surface area contributed by atoms with Crippen LogP contribution in [0.25, 0.3) is 0 Å². The van der Waals surface area contributed by atoms with Gasteiger partial charge in [0.1, 0.15) is 11.6 Å². The first-order chi connectivity index (χ1) is 7.71. The van der Waals surface area contributed by atoms with E-state index in [0.717, 1.165) is 12.4 Å². The molecule has 1 heterocycles. The fourth-order valence-corrected chi connectivity index (χ4v) is 1.44. The largest absolute Gasteiger partial charge is 0.356 e. The molecule has 0 spiro atoms. The van der Waals surface area contributed by atoms with E-state index >= 15 is 0 Å².